The number of aromatic nitrogens is 3. The van der Waals surface area contributed by atoms with Crippen LogP contribution >= 0.6 is 0 Å². The molecule has 0 saturated carbocycles. The van der Waals surface area contributed by atoms with Gasteiger partial charge in [0.05, 0.1) is 23.8 Å². The molecule has 6 nitrogen and oxygen atoms in total. The molecule has 0 aliphatic carbocycles. The van der Waals surface area contributed by atoms with Crippen molar-refractivity contribution in [2.75, 3.05) is 20.1 Å². The second-order valence-electron chi connectivity index (χ2n) is 5.90. The fourth-order valence-corrected chi connectivity index (χ4v) is 2.74. The standard InChI is InChI=1S/C16H21N5O/c1-12(17-16(22)13-8-9-20(2)10-13)15-11-21(19-18-15)14-6-4-3-5-7-14/h3-7,11-13H,8-10H2,1-2H3,(H,17,22)/t12?,13-/m0/s1. The van der Waals surface area contributed by atoms with Crippen LogP contribution in [0, 0.1) is 5.92 Å². The lowest BCUT2D eigenvalue weighted by molar-refractivity contribution is -0.125. The Kier molecular flexibility index (Phi) is 4.20. The van der Waals surface area contributed by atoms with Gasteiger partial charge >= 0.3 is 0 Å². The van der Waals surface area contributed by atoms with E-state index in [9.17, 15) is 4.79 Å². The Labute approximate surface area is 130 Å². The van der Waals surface area contributed by atoms with Gasteiger partial charge in [-0.05, 0) is 39.1 Å². The van der Waals surface area contributed by atoms with Gasteiger partial charge in [-0.25, -0.2) is 4.68 Å². The highest BCUT2D eigenvalue weighted by Crippen LogP contribution is 2.17. The molecule has 1 amide bonds. The molecule has 1 aliphatic rings. The predicted octanol–water partition coefficient (Wildman–Crippen LogP) is 1.40. The number of hydrogen-bond donors (Lipinski definition) is 1. The van der Waals surface area contributed by atoms with Gasteiger partial charge in [0.15, 0.2) is 0 Å². The first-order valence-corrected chi connectivity index (χ1v) is 7.60. The second kappa shape index (κ2) is 6.27. The van der Waals surface area contributed by atoms with Gasteiger partial charge in [0.2, 0.25) is 5.91 Å². The zero-order valence-corrected chi connectivity index (χ0v) is 12.9. The first-order valence-electron chi connectivity index (χ1n) is 7.60. The summed E-state index contributed by atoms with van der Waals surface area (Å²) in [7, 11) is 2.04. The number of nitrogens with zero attached hydrogens (tertiary/aromatic N) is 4. The molecule has 1 aromatic heterocycles. The van der Waals surface area contributed by atoms with Gasteiger partial charge in [0.1, 0.15) is 5.69 Å². The van der Waals surface area contributed by atoms with Crippen LogP contribution in [0.2, 0.25) is 0 Å². The summed E-state index contributed by atoms with van der Waals surface area (Å²) in [6, 6.07) is 9.67. The van der Waals surface area contributed by atoms with Crippen molar-refractivity contribution in [1.82, 2.24) is 25.2 Å². The summed E-state index contributed by atoms with van der Waals surface area (Å²) >= 11 is 0. The predicted molar refractivity (Wildman–Crippen MR) is 83.5 cm³/mol. The van der Waals surface area contributed by atoms with Crippen molar-refractivity contribution < 1.29 is 4.79 Å². The normalized spacial score (nSPS) is 20.0. The third-order valence-corrected chi connectivity index (χ3v) is 4.10. The molecule has 1 fully saturated rings. The molecular weight excluding hydrogens is 278 g/mol. The zero-order valence-electron chi connectivity index (χ0n) is 12.9. The van der Waals surface area contributed by atoms with Crippen LogP contribution in [0.15, 0.2) is 36.5 Å². The molecule has 22 heavy (non-hydrogen) atoms. The van der Waals surface area contributed by atoms with E-state index in [-0.39, 0.29) is 17.9 Å². The Morgan fingerprint density at radius 2 is 2.14 bits per heavy atom. The van der Waals surface area contributed by atoms with Crippen LogP contribution in [0.1, 0.15) is 25.1 Å². The van der Waals surface area contributed by atoms with Crippen LogP contribution < -0.4 is 5.32 Å². The Bertz CT molecular complexity index is 639. The number of likely N-dealkylation sites (tertiary alicyclic amines) is 1. The molecule has 1 unspecified atom stereocenters. The minimum Gasteiger partial charge on any atom is -0.348 e. The molecule has 0 spiro atoms. The van der Waals surface area contributed by atoms with Gasteiger partial charge in [-0.2, -0.15) is 0 Å². The summed E-state index contributed by atoms with van der Waals surface area (Å²) < 4.78 is 1.72. The smallest absolute Gasteiger partial charge is 0.224 e. The SMILES string of the molecule is CC(NC(=O)[C@H]1CCN(C)C1)c1cn(-c2ccccc2)nn1. The van der Waals surface area contributed by atoms with Crippen molar-refractivity contribution in [3.05, 3.63) is 42.2 Å². The van der Waals surface area contributed by atoms with E-state index in [0.717, 1.165) is 30.9 Å². The largest absolute Gasteiger partial charge is 0.348 e. The van der Waals surface area contributed by atoms with Gasteiger partial charge in [-0.3, -0.25) is 4.79 Å². The monoisotopic (exact) mass is 299 g/mol. The fraction of sp³-hybridized carbons (Fsp3) is 0.438. The van der Waals surface area contributed by atoms with Crippen molar-refractivity contribution in [1.29, 1.82) is 0 Å². The number of hydrogen-bond acceptors (Lipinski definition) is 4. The van der Waals surface area contributed by atoms with Gasteiger partial charge in [0.25, 0.3) is 0 Å². The van der Waals surface area contributed by atoms with E-state index >= 15 is 0 Å². The highest BCUT2D eigenvalue weighted by Gasteiger charge is 2.27. The van der Waals surface area contributed by atoms with Crippen LogP contribution in [0.5, 0.6) is 0 Å². The number of carbonyl (C=O) groups excluding carboxylic acids is 1. The molecule has 1 aromatic carbocycles. The zero-order chi connectivity index (χ0) is 15.5. The number of para-hydroxylation sites is 1. The molecule has 2 heterocycles. The molecular formula is C16H21N5O. The average molecular weight is 299 g/mol. The molecule has 0 bridgehead atoms. The Balaban J connectivity index is 1.64. The van der Waals surface area contributed by atoms with Crippen molar-refractivity contribution in [3.8, 4) is 5.69 Å². The van der Waals surface area contributed by atoms with Gasteiger partial charge in [0, 0.05) is 6.54 Å². The maximum absolute atomic E-state index is 12.3. The number of benzene rings is 1. The molecule has 1 aliphatic heterocycles. The Morgan fingerprint density at radius 3 is 2.82 bits per heavy atom. The van der Waals surface area contributed by atoms with E-state index in [1.54, 1.807) is 4.68 Å². The van der Waals surface area contributed by atoms with Crippen molar-refractivity contribution in [2.45, 2.75) is 19.4 Å². The van der Waals surface area contributed by atoms with Crippen molar-refractivity contribution >= 4 is 5.91 Å². The summed E-state index contributed by atoms with van der Waals surface area (Å²) in [6.45, 7) is 3.75. The highest BCUT2D eigenvalue weighted by atomic mass is 16.2. The third-order valence-electron chi connectivity index (χ3n) is 4.10. The van der Waals surface area contributed by atoms with Crippen LogP contribution in [0.4, 0.5) is 0 Å². The number of amides is 1. The summed E-state index contributed by atoms with van der Waals surface area (Å²) in [5.74, 6) is 0.183. The van der Waals surface area contributed by atoms with E-state index in [2.05, 4.69) is 20.5 Å². The quantitative estimate of drug-likeness (QED) is 0.927. The molecule has 116 valence electrons. The van der Waals surface area contributed by atoms with Crippen LogP contribution in [-0.4, -0.2) is 45.9 Å². The van der Waals surface area contributed by atoms with Crippen LogP contribution in [-0.2, 0) is 4.79 Å². The van der Waals surface area contributed by atoms with Crippen LogP contribution in [0.3, 0.4) is 0 Å². The lowest BCUT2D eigenvalue weighted by Crippen LogP contribution is -2.34. The summed E-state index contributed by atoms with van der Waals surface area (Å²) in [6.07, 6.45) is 2.78. The topological polar surface area (TPSA) is 63.1 Å². The number of rotatable bonds is 4. The maximum Gasteiger partial charge on any atom is 0.224 e. The number of carbonyl (C=O) groups is 1. The molecule has 6 heteroatoms. The summed E-state index contributed by atoms with van der Waals surface area (Å²) in [5, 5.41) is 11.3. The minimum absolute atomic E-state index is 0.0802. The fourth-order valence-electron chi connectivity index (χ4n) is 2.74. The highest BCUT2D eigenvalue weighted by molar-refractivity contribution is 5.79. The maximum atomic E-state index is 12.3. The first-order chi connectivity index (χ1) is 10.6. The van der Waals surface area contributed by atoms with E-state index in [1.165, 1.54) is 0 Å². The Hall–Kier alpha value is -2.21. The Morgan fingerprint density at radius 1 is 1.36 bits per heavy atom. The van der Waals surface area contributed by atoms with Gasteiger partial charge in [-0.1, -0.05) is 23.4 Å². The van der Waals surface area contributed by atoms with E-state index < -0.39 is 0 Å². The molecule has 2 atom stereocenters. The van der Waals surface area contributed by atoms with E-state index in [0.29, 0.717) is 0 Å². The molecule has 1 N–H and O–H groups in total. The first kappa shape index (κ1) is 14.7. The van der Waals surface area contributed by atoms with Crippen molar-refractivity contribution in [3.63, 3.8) is 0 Å². The molecule has 2 aromatic rings. The summed E-state index contributed by atoms with van der Waals surface area (Å²) in [5.41, 5.74) is 1.72. The second-order valence-corrected chi connectivity index (χ2v) is 5.90. The van der Waals surface area contributed by atoms with E-state index in [1.807, 2.05) is 50.5 Å². The lowest BCUT2D eigenvalue weighted by atomic mass is 10.1. The molecule has 0 radical (unpaired) electrons. The van der Waals surface area contributed by atoms with Gasteiger partial charge < -0.3 is 10.2 Å². The van der Waals surface area contributed by atoms with Gasteiger partial charge in [-0.15, -0.1) is 5.10 Å². The third kappa shape index (κ3) is 3.17. The molecule has 3 rings (SSSR count). The average Bonchev–Trinajstić information content (AvgIpc) is 3.17. The minimum atomic E-state index is -0.143. The lowest BCUT2D eigenvalue weighted by Gasteiger charge is -2.15. The molecule has 1 saturated heterocycles. The summed E-state index contributed by atoms with van der Waals surface area (Å²) in [4.78, 5) is 14.4. The van der Waals surface area contributed by atoms with Crippen LogP contribution in [0.25, 0.3) is 5.69 Å². The van der Waals surface area contributed by atoms with E-state index in [4.69, 9.17) is 0 Å². The number of nitrogens with one attached hydrogen (secondary N) is 1. The van der Waals surface area contributed by atoms with Crippen molar-refractivity contribution in [2.24, 2.45) is 5.92 Å².